The molecule has 0 bridgehead atoms. The summed E-state index contributed by atoms with van der Waals surface area (Å²) >= 11 is 2.41. The topological polar surface area (TPSA) is 12.5 Å². The highest BCUT2D eigenvalue weighted by molar-refractivity contribution is 14.1. The molecule has 2 nitrogen and oxygen atoms in total. The monoisotopic (exact) mass is 255 g/mol. The molecule has 0 aromatic heterocycles. The molecule has 0 aliphatic carbocycles. The van der Waals surface area contributed by atoms with Crippen LogP contribution in [0.25, 0.3) is 0 Å². The molecule has 0 spiro atoms. The minimum atomic E-state index is 0.503. The summed E-state index contributed by atoms with van der Waals surface area (Å²) in [4.78, 5) is 2.46. The van der Waals surface area contributed by atoms with Gasteiger partial charge in [0.05, 0.1) is 6.10 Å². The highest BCUT2D eigenvalue weighted by Gasteiger charge is 2.20. The average Bonchev–Trinajstić information content (AvgIpc) is 2.37. The van der Waals surface area contributed by atoms with Crippen molar-refractivity contribution in [1.29, 1.82) is 0 Å². The smallest absolute Gasteiger partial charge is 0.0710 e. The van der Waals surface area contributed by atoms with Gasteiger partial charge < -0.3 is 4.74 Å². The highest BCUT2D eigenvalue weighted by Crippen LogP contribution is 2.11. The lowest BCUT2D eigenvalue weighted by Crippen LogP contribution is -2.24. The van der Waals surface area contributed by atoms with Crippen LogP contribution in [0.3, 0.4) is 0 Å². The fourth-order valence-corrected chi connectivity index (χ4v) is 1.99. The van der Waals surface area contributed by atoms with Gasteiger partial charge in [0.2, 0.25) is 0 Å². The minimum absolute atomic E-state index is 0.503. The van der Waals surface area contributed by atoms with Gasteiger partial charge in [-0.25, -0.2) is 0 Å². The molecule has 0 radical (unpaired) electrons. The molecule has 1 rings (SSSR count). The van der Waals surface area contributed by atoms with E-state index >= 15 is 0 Å². The first-order valence-corrected chi connectivity index (χ1v) is 5.20. The van der Waals surface area contributed by atoms with E-state index in [4.69, 9.17) is 4.74 Å². The van der Waals surface area contributed by atoms with Crippen molar-refractivity contribution in [1.82, 2.24) is 4.90 Å². The molecule has 0 N–H and O–H groups in total. The molecular formula is C7H14INO. The molecule has 1 fully saturated rings. The van der Waals surface area contributed by atoms with Gasteiger partial charge >= 0.3 is 0 Å². The minimum Gasteiger partial charge on any atom is -0.380 e. The van der Waals surface area contributed by atoms with Crippen molar-refractivity contribution < 1.29 is 4.74 Å². The summed E-state index contributed by atoms with van der Waals surface area (Å²) in [5.41, 5.74) is 0. The third kappa shape index (κ3) is 2.36. The van der Waals surface area contributed by atoms with Crippen molar-refractivity contribution in [3.63, 3.8) is 0 Å². The summed E-state index contributed by atoms with van der Waals surface area (Å²) in [5, 5.41) is 0. The molecule has 0 aromatic carbocycles. The zero-order chi connectivity index (χ0) is 7.40. The number of halogens is 1. The molecule has 1 aliphatic heterocycles. The van der Waals surface area contributed by atoms with Crippen LogP contribution in [0.1, 0.15) is 6.42 Å². The van der Waals surface area contributed by atoms with Crippen LogP contribution in [-0.2, 0) is 4.74 Å². The molecule has 3 heteroatoms. The summed E-state index contributed by atoms with van der Waals surface area (Å²) in [7, 11) is 1.80. The van der Waals surface area contributed by atoms with E-state index in [1.807, 2.05) is 0 Å². The SMILES string of the molecule is CO[C@H]1CCN(CCI)C1. The Morgan fingerprint density at radius 2 is 2.50 bits per heavy atom. The third-order valence-corrected chi connectivity index (χ3v) is 2.45. The first-order chi connectivity index (χ1) is 4.86. The molecule has 1 heterocycles. The van der Waals surface area contributed by atoms with E-state index < -0.39 is 0 Å². The Balaban J connectivity index is 2.15. The van der Waals surface area contributed by atoms with Crippen molar-refractivity contribution >= 4 is 22.6 Å². The van der Waals surface area contributed by atoms with Gasteiger partial charge in [0, 0.05) is 31.2 Å². The maximum absolute atomic E-state index is 5.24. The number of hydrogen-bond acceptors (Lipinski definition) is 2. The van der Waals surface area contributed by atoms with Gasteiger partial charge in [0.15, 0.2) is 0 Å². The number of hydrogen-bond donors (Lipinski definition) is 0. The van der Waals surface area contributed by atoms with E-state index in [0.29, 0.717) is 6.10 Å². The van der Waals surface area contributed by atoms with Crippen LogP contribution in [0.15, 0.2) is 0 Å². The van der Waals surface area contributed by atoms with Crippen molar-refractivity contribution in [3.8, 4) is 0 Å². The molecular weight excluding hydrogens is 241 g/mol. The van der Waals surface area contributed by atoms with Gasteiger partial charge in [-0.15, -0.1) is 0 Å². The van der Waals surface area contributed by atoms with E-state index in [1.165, 1.54) is 23.9 Å². The molecule has 0 aromatic rings. The highest BCUT2D eigenvalue weighted by atomic mass is 127. The van der Waals surface area contributed by atoms with E-state index in [9.17, 15) is 0 Å². The van der Waals surface area contributed by atoms with Crippen molar-refractivity contribution in [2.75, 3.05) is 31.2 Å². The quantitative estimate of drug-likeness (QED) is 0.554. The molecule has 0 saturated carbocycles. The third-order valence-electron chi connectivity index (χ3n) is 1.96. The van der Waals surface area contributed by atoms with Crippen molar-refractivity contribution in [2.24, 2.45) is 0 Å². The van der Waals surface area contributed by atoms with Gasteiger partial charge in [-0.3, -0.25) is 4.90 Å². The molecule has 60 valence electrons. The maximum Gasteiger partial charge on any atom is 0.0710 e. The summed E-state index contributed by atoms with van der Waals surface area (Å²) in [6.45, 7) is 3.58. The van der Waals surface area contributed by atoms with Crippen LogP contribution < -0.4 is 0 Å². The summed E-state index contributed by atoms with van der Waals surface area (Å²) < 4.78 is 6.47. The van der Waals surface area contributed by atoms with Crippen LogP contribution in [0.4, 0.5) is 0 Å². The predicted molar refractivity (Wildman–Crippen MR) is 50.7 cm³/mol. The van der Waals surface area contributed by atoms with Crippen LogP contribution in [0.2, 0.25) is 0 Å². The summed E-state index contributed by atoms with van der Waals surface area (Å²) in [6, 6.07) is 0. The molecule has 10 heavy (non-hydrogen) atoms. The second-order valence-electron chi connectivity index (χ2n) is 2.64. The Bertz CT molecular complexity index is 99.6. The van der Waals surface area contributed by atoms with Crippen molar-refractivity contribution in [3.05, 3.63) is 0 Å². The normalized spacial score (nSPS) is 27.6. The zero-order valence-electron chi connectivity index (χ0n) is 6.35. The Labute approximate surface area is 76.1 Å². The van der Waals surface area contributed by atoms with Gasteiger partial charge in [-0.05, 0) is 6.42 Å². The lowest BCUT2D eigenvalue weighted by atomic mass is 10.3. The second-order valence-corrected chi connectivity index (χ2v) is 3.71. The molecule has 1 atom stereocenters. The largest absolute Gasteiger partial charge is 0.380 e. The zero-order valence-corrected chi connectivity index (χ0v) is 8.50. The number of rotatable bonds is 3. The standard InChI is InChI=1S/C7H14INO/c1-10-7-2-4-9(6-7)5-3-8/h7H,2-6H2,1H3/t7-/m0/s1. The Kier molecular flexibility index (Phi) is 3.95. The molecule has 0 unspecified atom stereocenters. The summed E-state index contributed by atoms with van der Waals surface area (Å²) in [5.74, 6) is 0. The lowest BCUT2D eigenvalue weighted by Gasteiger charge is -2.12. The van der Waals surface area contributed by atoms with Crippen molar-refractivity contribution in [2.45, 2.75) is 12.5 Å². The first-order valence-electron chi connectivity index (χ1n) is 3.68. The van der Waals surface area contributed by atoms with E-state index in [0.717, 1.165) is 6.54 Å². The molecule has 0 amide bonds. The number of methoxy groups -OCH3 is 1. The predicted octanol–water partition coefficient (Wildman–Crippen LogP) is 1.14. The van der Waals surface area contributed by atoms with Crippen LogP contribution in [-0.4, -0.2) is 42.2 Å². The average molecular weight is 255 g/mol. The number of nitrogens with zero attached hydrogens (tertiary/aromatic N) is 1. The summed E-state index contributed by atoms with van der Waals surface area (Å²) in [6.07, 6.45) is 1.72. The fourth-order valence-electron chi connectivity index (χ4n) is 1.31. The Hall–Kier alpha value is 0.650. The van der Waals surface area contributed by atoms with Gasteiger partial charge in [-0.2, -0.15) is 0 Å². The Morgan fingerprint density at radius 3 is 3.00 bits per heavy atom. The number of alkyl halides is 1. The van der Waals surface area contributed by atoms with E-state index in [2.05, 4.69) is 27.5 Å². The molecule has 1 saturated heterocycles. The maximum atomic E-state index is 5.24. The van der Waals surface area contributed by atoms with Gasteiger partial charge in [0.25, 0.3) is 0 Å². The number of ether oxygens (including phenoxy) is 1. The fraction of sp³-hybridized carbons (Fsp3) is 1.00. The first kappa shape index (κ1) is 8.74. The van der Waals surface area contributed by atoms with Gasteiger partial charge in [0.1, 0.15) is 0 Å². The van der Waals surface area contributed by atoms with Crippen LogP contribution in [0, 0.1) is 0 Å². The Morgan fingerprint density at radius 1 is 1.70 bits per heavy atom. The second kappa shape index (κ2) is 4.51. The van der Waals surface area contributed by atoms with E-state index in [1.54, 1.807) is 7.11 Å². The molecule has 1 aliphatic rings. The lowest BCUT2D eigenvalue weighted by molar-refractivity contribution is 0.109. The number of likely N-dealkylation sites (tertiary alicyclic amines) is 1. The van der Waals surface area contributed by atoms with Crippen LogP contribution in [0.5, 0.6) is 0 Å². The van der Waals surface area contributed by atoms with Gasteiger partial charge in [-0.1, -0.05) is 22.6 Å². The van der Waals surface area contributed by atoms with Crippen LogP contribution >= 0.6 is 22.6 Å². The van der Waals surface area contributed by atoms with E-state index in [-0.39, 0.29) is 0 Å².